The normalized spacial score (nSPS) is 57.9. The van der Waals surface area contributed by atoms with Crippen molar-refractivity contribution in [3.63, 3.8) is 0 Å². The lowest BCUT2D eigenvalue weighted by Crippen LogP contribution is -2.71. The van der Waals surface area contributed by atoms with Crippen LogP contribution in [0.5, 0.6) is 0 Å². The van der Waals surface area contributed by atoms with E-state index in [0.29, 0.717) is 24.4 Å². The van der Waals surface area contributed by atoms with Crippen LogP contribution in [-0.4, -0.2) is 29.6 Å². The van der Waals surface area contributed by atoms with Crippen LogP contribution in [0.1, 0.15) is 59.3 Å². The molecule has 4 heteroatoms. The molecule has 1 N–H and O–H groups in total. The predicted molar refractivity (Wildman–Crippen MR) is 87.9 cm³/mol. The van der Waals surface area contributed by atoms with Crippen LogP contribution in [0.15, 0.2) is 11.6 Å². The van der Waals surface area contributed by atoms with Gasteiger partial charge in [-0.2, -0.15) is 0 Å². The number of carbonyl (C=O) groups is 1. The number of carbonyl (C=O) groups excluding carboxylic acids is 1. The van der Waals surface area contributed by atoms with Crippen molar-refractivity contribution in [2.45, 2.75) is 71.2 Å². The zero-order valence-corrected chi connectivity index (χ0v) is 14.9. The van der Waals surface area contributed by atoms with Gasteiger partial charge in [-0.3, -0.25) is 4.79 Å². The highest BCUT2D eigenvalue weighted by molar-refractivity contribution is 5.82. The summed E-state index contributed by atoms with van der Waals surface area (Å²) in [6.07, 6.45) is 8.28. The second-order valence-electron chi connectivity index (χ2n) is 9.53. The minimum Gasteiger partial charge on any atom is -0.457 e. The van der Waals surface area contributed by atoms with Gasteiger partial charge in [0.05, 0.1) is 6.61 Å². The number of esters is 1. The van der Waals surface area contributed by atoms with Crippen LogP contribution in [0.25, 0.3) is 0 Å². The van der Waals surface area contributed by atoms with E-state index < -0.39 is 11.2 Å². The minimum absolute atomic E-state index is 0.0325. The molecule has 5 fully saturated rings. The van der Waals surface area contributed by atoms with E-state index >= 15 is 0 Å². The Kier molecular flexibility index (Phi) is 2.74. The van der Waals surface area contributed by atoms with Crippen molar-refractivity contribution in [1.29, 1.82) is 0 Å². The van der Waals surface area contributed by atoms with Crippen molar-refractivity contribution in [1.82, 2.24) is 0 Å². The van der Waals surface area contributed by atoms with E-state index in [1.807, 2.05) is 6.92 Å². The smallest absolute Gasteiger partial charge is 0.318 e. The summed E-state index contributed by atoms with van der Waals surface area (Å²) in [5, 5.41) is 11.0. The molecule has 2 bridgehead atoms. The SMILES string of the molecule is CC[C@]1(C)CC[C@H]2C(=C[C@H]3OC(=O)[C@]4(C)[C@H]3[C@]23CC[C@]4(O)OC3)C1. The summed E-state index contributed by atoms with van der Waals surface area (Å²) < 4.78 is 11.8. The third-order valence-electron chi connectivity index (χ3n) is 8.60. The second kappa shape index (κ2) is 4.27. The van der Waals surface area contributed by atoms with Crippen LogP contribution in [0.2, 0.25) is 0 Å². The molecule has 0 amide bonds. The van der Waals surface area contributed by atoms with E-state index in [-0.39, 0.29) is 23.4 Å². The van der Waals surface area contributed by atoms with Crippen LogP contribution < -0.4 is 0 Å². The Morgan fingerprint density at radius 1 is 1.29 bits per heavy atom. The number of aliphatic hydroxyl groups is 1. The first kappa shape index (κ1) is 15.4. The van der Waals surface area contributed by atoms with Crippen LogP contribution in [-0.2, 0) is 14.3 Å². The molecule has 6 rings (SSSR count). The quantitative estimate of drug-likeness (QED) is 0.592. The second-order valence-corrected chi connectivity index (χ2v) is 9.53. The monoisotopic (exact) mass is 332 g/mol. The Labute approximate surface area is 143 Å². The van der Waals surface area contributed by atoms with E-state index in [0.717, 1.165) is 12.8 Å². The lowest BCUT2D eigenvalue weighted by Gasteiger charge is -2.65. The van der Waals surface area contributed by atoms with Crippen LogP contribution >= 0.6 is 0 Å². The average molecular weight is 332 g/mol. The third kappa shape index (κ3) is 1.48. The maximum absolute atomic E-state index is 12.8. The van der Waals surface area contributed by atoms with E-state index in [2.05, 4.69) is 19.9 Å². The van der Waals surface area contributed by atoms with Gasteiger partial charge in [-0.1, -0.05) is 25.8 Å². The molecular weight excluding hydrogens is 304 g/mol. The Hall–Kier alpha value is -0.870. The summed E-state index contributed by atoms with van der Waals surface area (Å²) in [4.78, 5) is 12.8. The molecule has 132 valence electrons. The maximum Gasteiger partial charge on any atom is 0.318 e. The summed E-state index contributed by atoms with van der Waals surface area (Å²) in [6.45, 7) is 7.12. The van der Waals surface area contributed by atoms with Gasteiger partial charge in [0, 0.05) is 17.8 Å². The standard InChI is InChI=1S/C20H28O4/c1-4-17(2)6-5-13-12(10-17)9-14-15-18(3,16(21)24-14)20(22)8-7-19(13,15)11-23-20/h9,13-15,22H,4-8,10-11H2,1-3H3/t13-,14+,15-,17+,18-,19-,20-/m0/s1. The summed E-state index contributed by atoms with van der Waals surface area (Å²) in [5.74, 6) is -1.07. The molecule has 4 nitrogen and oxygen atoms in total. The van der Waals surface area contributed by atoms with E-state index in [4.69, 9.17) is 9.47 Å². The molecule has 0 unspecified atom stereocenters. The number of hydrogen-bond acceptors (Lipinski definition) is 4. The van der Waals surface area contributed by atoms with Crippen molar-refractivity contribution < 1.29 is 19.4 Å². The lowest BCUT2D eigenvalue weighted by atomic mass is 9.42. The summed E-state index contributed by atoms with van der Waals surface area (Å²) in [7, 11) is 0. The molecule has 0 radical (unpaired) electrons. The van der Waals surface area contributed by atoms with Gasteiger partial charge in [-0.05, 0) is 50.0 Å². The zero-order chi connectivity index (χ0) is 17.0. The Morgan fingerprint density at radius 3 is 2.75 bits per heavy atom. The summed E-state index contributed by atoms with van der Waals surface area (Å²) >= 11 is 0. The first-order chi connectivity index (χ1) is 11.3. The summed E-state index contributed by atoms with van der Waals surface area (Å²) in [6, 6.07) is 0. The highest BCUT2D eigenvalue weighted by Gasteiger charge is 2.78. The molecule has 3 aliphatic carbocycles. The van der Waals surface area contributed by atoms with Gasteiger partial charge in [-0.15, -0.1) is 0 Å². The molecule has 7 atom stereocenters. The van der Waals surface area contributed by atoms with Crippen molar-refractivity contribution in [2.24, 2.45) is 28.1 Å². The van der Waals surface area contributed by atoms with Crippen LogP contribution in [0.4, 0.5) is 0 Å². The molecule has 0 aromatic heterocycles. The van der Waals surface area contributed by atoms with E-state index in [9.17, 15) is 9.90 Å². The number of fused-ring (bicyclic) bond motifs is 3. The van der Waals surface area contributed by atoms with Gasteiger partial charge >= 0.3 is 5.97 Å². The molecule has 2 saturated carbocycles. The van der Waals surface area contributed by atoms with Crippen LogP contribution in [0, 0.1) is 28.1 Å². The average Bonchev–Trinajstić information content (AvgIpc) is 2.83. The first-order valence-corrected chi connectivity index (χ1v) is 9.56. The van der Waals surface area contributed by atoms with Crippen molar-refractivity contribution in [2.75, 3.05) is 6.61 Å². The fourth-order valence-corrected chi connectivity index (χ4v) is 6.88. The third-order valence-corrected chi connectivity index (χ3v) is 8.60. The van der Waals surface area contributed by atoms with E-state index in [1.165, 1.54) is 24.8 Å². The molecule has 3 heterocycles. The largest absolute Gasteiger partial charge is 0.457 e. The predicted octanol–water partition coefficient (Wildman–Crippen LogP) is 3.19. The van der Waals surface area contributed by atoms with Gasteiger partial charge in [0.15, 0.2) is 5.79 Å². The molecule has 3 aliphatic heterocycles. The Balaban J connectivity index is 1.66. The van der Waals surface area contributed by atoms with Crippen molar-refractivity contribution in [3.05, 3.63) is 11.6 Å². The Bertz CT molecular complexity index is 644. The van der Waals surface area contributed by atoms with Gasteiger partial charge in [0.25, 0.3) is 0 Å². The van der Waals surface area contributed by atoms with Gasteiger partial charge < -0.3 is 14.6 Å². The van der Waals surface area contributed by atoms with Gasteiger partial charge in [0.2, 0.25) is 0 Å². The van der Waals surface area contributed by atoms with Crippen molar-refractivity contribution >= 4 is 5.97 Å². The highest BCUT2D eigenvalue weighted by atomic mass is 16.6. The molecule has 0 aromatic rings. The summed E-state index contributed by atoms with van der Waals surface area (Å²) in [5.41, 5.74) is 0.902. The fraction of sp³-hybridized carbons (Fsp3) is 0.850. The van der Waals surface area contributed by atoms with Gasteiger partial charge in [0.1, 0.15) is 11.5 Å². The van der Waals surface area contributed by atoms with Crippen molar-refractivity contribution in [3.8, 4) is 0 Å². The number of allylic oxidation sites excluding steroid dienone is 1. The topological polar surface area (TPSA) is 55.8 Å². The molecule has 6 aliphatic rings. The maximum atomic E-state index is 12.8. The lowest BCUT2D eigenvalue weighted by molar-refractivity contribution is -0.367. The molecule has 24 heavy (non-hydrogen) atoms. The number of hydrogen-bond donors (Lipinski definition) is 1. The molecular formula is C20H28O4. The zero-order valence-electron chi connectivity index (χ0n) is 14.9. The molecule has 0 aromatic carbocycles. The minimum atomic E-state index is -1.34. The first-order valence-electron chi connectivity index (χ1n) is 9.56. The molecule has 1 spiro atoms. The highest BCUT2D eigenvalue weighted by Crippen LogP contribution is 2.72. The number of rotatable bonds is 1. The number of ether oxygens (including phenoxy) is 2. The molecule has 3 saturated heterocycles. The van der Waals surface area contributed by atoms with Gasteiger partial charge in [-0.25, -0.2) is 0 Å². The van der Waals surface area contributed by atoms with E-state index in [1.54, 1.807) is 0 Å². The Morgan fingerprint density at radius 2 is 2.08 bits per heavy atom. The van der Waals surface area contributed by atoms with Crippen LogP contribution in [0.3, 0.4) is 0 Å². The fourth-order valence-electron chi connectivity index (χ4n) is 6.88.